The van der Waals surface area contributed by atoms with E-state index >= 15 is 0 Å². The minimum Gasteiger partial charge on any atom is -0.462 e. The third-order valence-corrected chi connectivity index (χ3v) is 3.98. The molecule has 28 heavy (non-hydrogen) atoms. The number of nitrogens with one attached hydrogen (secondary N) is 1. The van der Waals surface area contributed by atoms with Gasteiger partial charge in [0.05, 0.1) is 17.9 Å². The Morgan fingerprint density at radius 3 is 2.68 bits per heavy atom. The Labute approximate surface area is 160 Å². The second kappa shape index (κ2) is 8.30. The van der Waals surface area contributed by atoms with Gasteiger partial charge in [-0.1, -0.05) is 12.1 Å². The summed E-state index contributed by atoms with van der Waals surface area (Å²) in [6.45, 7) is 3.46. The molecule has 0 spiro atoms. The highest BCUT2D eigenvalue weighted by Gasteiger charge is 2.21. The summed E-state index contributed by atoms with van der Waals surface area (Å²) in [7, 11) is 0. The predicted molar refractivity (Wildman–Crippen MR) is 101 cm³/mol. The summed E-state index contributed by atoms with van der Waals surface area (Å²) in [5, 5.41) is 10.9. The van der Waals surface area contributed by atoms with Crippen LogP contribution < -0.4 is 10.9 Å². The fraction of sp³-hybridized carbons (Fsp3) is 0.211. The molecule has 0 aliphatic rings. The van der Waals surface area contributed by atoms with Crippen LogP contribution >= 0.6 is 0 Å². The van der Waals surface area contributed by atoms with Crippen molar-refractivity contribution < 1.29 is 14.3 Å². The first kappa shape index (κ1) is 19.0. The van der Waals surface area contributed by atoms with Crippen LogP contribution in [0.15, 0.2) is 59.7 Å². The minimum atomic E-state index is -0.918. The number of hydrogen-bond acceptors (Lipinski definition) is 6. The number of nitrogens with zero attached hydrogens (tertiary/aromatic N) is 4. The molecule has 3 aromatic rings. The van der Waals surface area contributed by atoms with E-state index in [0.717, 1.165) is 4.68 Å². The lowest BCUT2D eigenvalue weighted by molar-refractivity contribution is -0.119. The highest BCUT2D eigenvalue weighted by molar-refractivity contribution is 6.02. The van der Waals surface area contributed by atoms with Gasteiger partial charge in [0.2, 0.25) is 5.91 Å². The molecular formula is C19H19N5O4. The van der Waals surface area contributed by atoms with E-state index in [4.69, 9.17) is 4.74 Å². The van der Waals surface area contributed by atoms with Gasteiger partial charge >= 0.3 is 5.97 Å². The van der Waals surface area contributed by atoms with Crippen molar-refractivity contribution in [3.05, 3.63) is 70.8 Å². The fourth-order valence-corrected chi connectivity index (χ4v) is 2.55. The van der Waals surface area contributed by atoms with Gasteiger partial charge in [0.15, 0.2) is 5.82 Å². The topological polar surface area (TPSA) is 108 Å². The van der Waals surface area contributed by atoms with Gasteiger partial charge in [-0.05, 0) is 38.1 Å². The number of amides is 1. The summed E-state index contributed by atoms with van der Waals surface area (Å²) in [6.07, 6.45) is 3.26. The van der Waals surface area contributed by atoms with E-state index in [2.05, 4.69) is 15.5 Å². The zero-order valence-electron chi connectivity index (χ0n) is 15.4. The number of hydrogen-bond donors (Lipinski definition) is 1. The van der Waals surface area contributed by atoms with E-state index in [-0.39, 0.29) is 12.2 Å². The van der Waals surface area contributed by atoms with Crippen molar-refractivity contribution in [1.82, 2.24) is 19.6 Å². The Morgan fingerprint density at radius 2 is 1.96 bits per heavy atom. The number of carbonyl (C=O) groups excluding carboxylic acids is 2. The van der Waals surface area contributed by atoms with E-state index in [1.54, 1.807) is 56.6 Å². The first-order chi connectivity index (χ1) is 13.5. The summed E-state index contributed by atoms with van der Waals surface area (Å²) in [5.74, 6) is -0.637. The average molecular weight is 381 g/mol. The van der Waals surface area contributed by atoms with Crippen LogP contribution in [0, 0.1) is 0 Å². The molecule has 1 amide bonds. The molecule has 9 nitrogen and oxygen atoms in total. The van der Waals surface area contributed by atoms with E-state index in [1.807, 2.05) is 0 Å². The maximum atomic E-state index is 12.7. The minimum absolute atomic E-state index is 0.219. The van der Waals surface area contributed by atoms with Crippen molar-refractivity contribution in [3.8, 4) is 5.82 Å². The largest absolute Gasteiger partial charge is 0.462 e. The third kappa shape index (κ3) is 3.98. The molecular weight excluding hydrogens is 362 g/mol. The van der Waals surface area contributed by atoms with Gasteiger partial charge in [-0.25, -0.2) is 14.2 Å². The van der Waals surface area contributed by atoms with Crippen molar-refractivity contribution >= 4 is 17.6 Å². The summed E-state index contributed by atoms with van der Waals surface area (Å²) >= 11 is 0. The number of ether oxygens (including phenoxy) is 1. The molecule has 1 unspecified atom stereocenters. The van der Waals surface area contributed by atoms with Crippen LogP contribution in [0.25, 0.3) is 5.82 Å². The maximum Gasteiger partial charge on any atom is 0.340 e. The number of rotatable bonds is 6. The lowest BCUT2D eigenvalue weighted by Crippen LogP contribution is -2.34. The Morgan fingerprint density at radius 1 is 1.18 bits per heavy atom. The van der Waals surface area contributed by atoms with Gasteiger partial charge in [-0.2, -0.15) is 5.10 Å². The summed E-state index contributed by atoms with van der Waals surface area (Å²) in [6, 6.07) is 10.1. The van der Waals surface area contributed by atoms with Crippen molar-refractivity contribution in [2.45, 2.75) is 19.9 Å². The Bertz CT molecular complexity index is 1040. The Hall–Kier alpha value is -3.75. The first-order valence-corrected chi connectivity index (χ1v) is 8.68. The first-order valence-electron chi connectivity index (χ1n) is 8.68. The molecule has 0 radical (unpaired) electrons. The van der Waals surface area contributed by atoms with Gasteiger partial charge < -0.3 is 10.1 Å². The summed E-state index contributed by atoms with van der Waals surface area (Å²) in [4.78, 5) is 37.0. The molecule has 0 aliphatic carbocycles. The van der Waals surface area contributed by atoms with Gasteiger partial charge in [0.25, 0.3) is 5.56 Å². The lowest BCUT2D eigenvalue weighted by atomic mass is 10.1. The second-order valence-corrected chi connectivity index (χ2v) is 5.86. The van der Waals surface area contributed by atoms with Gasteiger partial charge in [-0.15, -0.1) is 5.10 Å². The van der Waals surface area contributed by atoms with Crippen LogP contribution in [0.1, 0.15) is 30.2 Å². The predicted octanol–water partition coefficient (Wildman–Crippen LogP) is 1.81. The average Bonchev–Trinajstić information content (AvgIpc) is 3.23. The number of aromatic nitrogens is 4. The van der Waals surface area contributed by atoms with E-state index in [9.17, 15) is 14.4 Å². The van der Waals surface area contributed by atoms with Crippen molar-refractivity contribution in [3.63, 3.8) is 0 Å². The van der Waals surface area contributed by atoms with E-state index < -0.39 is 23.5 Å². The molecule has 144 valence electrons. The van der Waals surface area contributed by atoms with Crippen LogP contribution in [0.2, 0.25) is 0 Å². The molecule has 0 bridgehead atoms. The van der Waals surface area contributed by atoms with Crippen LogP contribution in [-0.2, 0) is 9.53 Å². The van der Waals surface area contributed by atoms with Crippen LogP contribution in [0.3, 0.4) is 0 Å². The van der Waals surface area contributed by atoms with Crippen LogP contribution in [-0.4, -0.2) is 38.0 Å². The standard InChI is InChI=1S/C19H19N5O4/c1-3-28-19(27)14-7-4-5-8-15(14)21-18(26)13(2)24-17(25)10-9-16(22-24)23-12-6-11-20-23/h4-13H,3H2,1-2H3,(H,21,26). The number of para-hydroxylation sites is 1. The third-order valence-electron chi connectivity index (χ3n) is 3.98. The molecule has 0 saturated heterocycles. The van der Waals surface area contributed by atoms with E-state index in [0.29, 0.717) is 11.5 Å². The SMILES string of the molecule is CCOC(=O)c1ccccc1NC(=O)C(C)n1nc(-n2cccn2)ccc1=O. The second-order valence-electron chi connectivity index (χ2n) is 5.86. The molecule has 1 N–H and O–H groups in total. The molecule has 0 aliphatic heterocycles. The molecule has 0 fully saturated rings. The lowest BCUT2D eigenvalue weighted by Gasteiger charge is -2.16. The maximum absolute atomic E-state index is 12.7. The quantitative estimate of drug-likeness (QED) is 0.653. The Kier molecular flexibility index (Phi) is 5.64. The number of anilines is 1. The zero-order valence-corrected chi connectivity index (χ0v) is 15.4. The molecule has 1 aromatic carbocycles. The van der Waals surface area contributed by atoms with Gasteiger partial charge in [0.1, 0.15) is 6.04 Å². The van der Waals surface area contributed by atoms with Crippen LogP contribution in [0.5, 0.6) is 0 Å². The van der Waals surface area contributed by atoms with Crippen molar-refractivity contribution in [2.24, 2.45) is 0 Å². The van der Waals surface area contributed by atoms with Crippen LogP contribution in [0.4, 0.5) is 5.69 Å². The number of carbonyl (C=O) groups is 2. The van der Waals surface area contributed by atoms with Gasteiger partial charge in [0, 0.05) is 18.5 Å². The molecule has 2 heterocycles. The highest BCUT2D eigenvalue weighted by Crippen LogP contribution is 2.18. The zero-order chi connectivity index (χ0) is 20.1. The molecule has 3 rings (SSSR count). The smallest absolute Gasteiger partial charge is 0.340 e. The van der Waals surface area contributed by atoms with Crippen molar-refractivity contribution in [2.75, 3.05) is 11.9 Å². The summed E-state index contributed by atoms with van der Waals surface area (Å²) in [5.41, 5.74) is 0.0989. The van der Waals surface area contributed by atoms with Crippen molar-refractivity contribution in [1.29, 1.82) is 0 Å². The molecule has 0 saturated carbocycles. The Balaban J connectivity index is 1.86. The normalized spacial score (nSPS) is 11.6. The number of benzene rings is 1. The highest BCUT2D eigenvalue weighted by atomic mass is 16.5. The van der Waals surface area contributed by atoms with Gasteiger partial charge in [-0.3, -0.25) is 9.59 Å². The van der Waals surface area contributed by atoms with E-state index in [1.165, 1.54) is 16.8 Å². The fourth-order valence-electron chi connectivity index (χ4n) is 2.55. The molecule has 9 heteroatoms. The summed E-state index contributed by atoms with van der Waals surface area (Å²) < 4.78 is 7.56. The molecule has 2 aromatic heterocycles. The number of esters is 1. The monoisotopic (exact) mass is 381 g/mol. The molecule has 1 atom stereocenters.